The summed E-state index contributed by atoms with van der Waals surface area (Å²) < 4.78 is 0. The van der Waals surface area contributed by atoms with Gasteiger partial charge in [-0.25, -0.2) is 0 Å². The van der Waals surface area contributed by atoms with E-state index in [0.29, 0.717) is 5.41 Å². The van der Waals surface area contributed by atoms with Crippen LogP contribution in [-0.2, 0) is 6.42 Å². The summed E-state index contributed by atoms with van der Waals surface area (Å²) in [5.74, 6) is 0. The highest BCUT2D eigenvalue weighted by Crippen LogP contribution is 2.65. The maximum atomic E-state index is 6.43. The molecule has 1 heterocycles. The quantitative estimate of drug-likeness (QED) is 0.845. The van der Waals surface area contributed by atoms with Gasteiger partial charge in [0.1, 0.15) is 0 Å². The number of aromatic nitrogens is 1. The van der Waals surface area contributed by atoms with E-state index in [9.17, 15) is 0 Å². The summed E-state index contributed by atoms with van der Waals surface area (Å²) in [5, 5.41) is 1.38. The Morgan fingerprint density at radius 2 is 1.89 bits per heavy atom. The number of nitrogens with one attached hydrogen (secondary N) is 1. The molecule has 0 amide bonds. The summed E-state index contributed by atoms with van der Waals surface area (Å²) in [4.78, 5) is 3.37. The number of para-hydroxylation sites is 1. The molecule has 2 saturated carbocycles. The van der Waals surface area contributed by atoms with E-state index in [1.807, 2.05) is 0 Å². The van der Waals surface area contributed by atoms with Crippen molar-refractivity contribution in [2.75, 3.05) is 0 Å². The minimum absolute atomic E-state index is 0.207. The minimum atomic E-state index is 0.207. The third-order valence-electron chi connectivity index (χ3n) is 5.25. The highest BCUT2D eigenvalue weighted by molar-refractivity contribution is 5.83. The zero-order valence-electron chi connectivity index (χ0n) is 10.7. The Hall–Kier alpha value is -1.28. The van der Waals surface area contributed by atoms with E-state index < -0.39 is 0 Å². The monoisotopic (exact) mass is 240 g/mol. The maximum Gasteiger partial charge on any atom is 0.0456 e. The Labute approximate surface area is 108 Å². The van der Waals surface area contributed by atoms with Crippen molar-refractivity contribution in [3.63, 3.8) is 0 Å². The lowest BCUT2D eigenvalue weighted by molar-refractivity contribution is 0.352. The highest BCUT2D eigenvalue weighted by atomic mass is 14.9. The second kappa shape index (κ2) is 3.39. The first kappa shape index (κ1) is 10.6. The Morgan fingerprint density at radius 3 is 2.61 bits per heavy atom. The number of H-pyrrole nitrogens is 1. The summed E-state index contributed by atoms with van der Waals surface area (Å²) in [6, 6.07) is 8.58. The SMILES string of the molecule is NC1(C2(CCc3c[nH]c4ccccc34)CC2)CC1. The predicted octanol–water partition coefficient (Wildman–Crippen LogP) is 3.37. The van der Waals surface area contributed by atoms with Crippen LogP contribution in [0.15, 0.2) is 30.5 Å². The number of aryl methyl sites for hydroxylation is 1. The fraction of sp³-hybridized carbons (Fsp3) is 0.500. The zero-order chi connectivity index (χ0) is 12.2. The van der Waals surface area contributed by atoms with E-state index in [1.54, 1.807) is 0 Å². The number of benzene rings is 1. The molecular weight excluding hydrogens is 220 g/mol. The number of rotatable bonds is 4. The molecule has 18 heavy (non-hydrogen) atoms. The molecule has 2 aliphatic carbocycles. The molecule has 94 valence electrons. The van der Waals surface area contributed by atoms with Crippen molar-refractivity contribution in [3.8, 4) is 0 Å². The maximum absolute atomic E-state index is 6.43. The highest BCUT2D eigenvalue weighted by Gasteiger charge is 2.62. The molecule has 2 nitrogen and oxygen atoms in total. The van der Waals surface area contributed by atoms with E-state index in [0.717, 1.165) is 0 Å². The minimum Gasteiger partial charge on any atom is -0.361 e. The average Bonchev–Trinajstić information content (AvgIpc) is 3.29. The molecule has 1 aromatic heterocycles. The van der Waals surface area contributed by atoms with E-state index >= 15 is 0 Å². The predicted molar refractivity (Wildman–Crippen MR) is 74.4 cm³/mol. The third-order valence-corrected chi connectivity index (χ3v) is 5.25. The van der Waals surface area contributed by atoms with Gasteiger partial charge in [-0.2, -0.15) is 0 Å². The van der Waals surface area contributed by atoms with Crippen LogP contribution < -0.4 is 5.73 Å². The normalized spacial score (nSPS) is 23.2. The molecule has 0 unspecified atom stereocenters. The summed E-state index contributed by atoms with van der Waals surface area (Å²) in [6.45, 7) is 0. The first-order valence-electron chi connectivity index (χ1n) is 7.06. The van der Waals surface area contributed by atoms with Gasteiger partial charge in [0.2, 0.25) is 0 Å². The van der Waals surface area contributed by atoms with Gasteiger partial charge < -0.3 is 10.7 Å². The average molecular weight is 240 g/mol. The second-order valence-corrected chi connectivity index (χ2v) is 6.30. The number of aromatic amines is 1. The van der Waals surface area contributed by atoms with Gasteiger partial charge >= 0.3 is 0 Å². The molecule has 3 N–H and O–H groups in total. The fourth-order valence-electron chi connectivity index (χ4n) is 3.53. The van der Waals surface area contributed by atoms with Crippen LogP contribution in [0.3, 0.4) is 0 Å². The van der Waals surface area contributed by atoms with Crippen molar-refractivity contribution < 1.29 is 0 Å². The summed E-state index contributed by atoms with van der Waals surface area (Å²) in [6.07, 6.45) is 9.82. The third kappa shape index (κ3) is 1.45. The van der Waals surface area contributed by atoms with Crippen molar-refractivity contribution in [1.82, 2.24) is 4.98 Å². The Balaban J connectivity index is 1.55. The molecule has 2 aromatic rings. The molecule has 0 atom stereocenters. The molecule has 1 aromatic carbocycles. The van der Waals surface area contributed by atoms with Crippen LogP contribution in [0.1, 0.15) is 37.7 Å². The van der Waals surface area contributed by atoms with Gasteiger partial charge in [-0.15, -0.1) is 0 Å². The van der Waals surface area contributed by atoms with Crippen molar-refractivity contribution in [3.05, 3.63) is 36.0 Å². The van der Waals surface area contributed by atoms with Crippen molar-refractivity contribution in [2.24, 2.45) is 11.1 Å². The first-order valence-corrected chi connectivity index (χ1v) is 7.06. The van der Waals surface area contributed by atoms with Crippen LogP contribution in [0.4, 0.5) is 0 Å². The van der Waals surface area contributed by atoms with E-state index in [4.69, 9.17) is 5.73 Å². The van der Waals surface area contributed by atoms with Crippen molar-refractivity contribution in [1.29, 1.82) is 0 Å². The lowest BCUT2D eigenvalue weighted by Crippen LogP contribution is -2.34. The van der Waals surface area contributed by atoms with E-state index in [1.165, 1.54) is 55.0 Å². The van der Waals surface area contributed by atoms with Gasteiger partial charge in [0.15, 0.2) is 0 Å². The van der Waals surface area contributed by atoms with Crippen LogP contribution >= 0.6 is 0 Å². The van der Waals surface area contributed by atoms with E-state index in [-0.39, 0.29) is 5.54 Å². The van der Waals surface area contributed by atoms with E-state index in [2.05, 4.69) is 35.4 Å². The summed E-state index contributed by atoms with van der Waals surface area (Å²) in [7, 11) is 0. The van der Waals surface area contributed by atoms with Gasteiger partial charge in [0.25, 0.3) is 0 Å². The van der Waals surface area contributed by atoms with Gasteiger partial charge in [-0.05, 0) is 55.6 Å². The molecular formula is C16H20N2. The molecule has 2 heteroatoms. The molecule has 0 aliphatic heterocycles. The molecule has 0 saturated heterocycles. The molecule has 4 rings (SSSR count). The number of hydrogen-bond donors (Lipinski definition) is 2. The van der Waals surface area contributed by atoms with Gasteiger partial charge in [-0.1, -0.05) is 18.2 Å². The molecule has 2 aliphatic rings. The zero-order valence-corrected chi connectivity index (χ0v) is 10.7. The lowest BCUT2D eigenvalue weighted by atomic mass is 9.87. The van der Waals surface area contributed by atoms with Gasteiger partial charge in [0, 0.05) is 22.6 Å². The first-order chi connectivity index (χ1) is 8.73. The molecule has 0 bridgehead atoms. The number of nitrogens with two attached hydrogens (primary N) is 1. The largest absolute Gasteiger partial charge is 0.361 e. The molecule has 0 radical (unpaired) electrons. The topological polar surface area (TPSA) is 41.8 Å². The van der Waals surface area contributed by atoms with Gasteiger partial charge in [-0.3, -0.25) is 0 Å². The van der Waals surface area contributed by atoms with Crippen LogP contribution in [-0.4, -0.2) is 10.5 Å². The Morgan fingerprint density at radius 1 is 1.11 bits per heavy atom. The fourth-order valence-corrected chi connectivity index (χ4v) is 3.53. The second-order valence-electron chi connectivity index (χ2n) is 6.30. The number of hydrogen-bond acceptors (Lipinski definition) is 1. The molecule has 0 spiro atoms. The summed E-state index contributed by atoms with van der Waals surface area (Å²) in [5.41, 5.74) is 9.85. The Bertz CT molecular complexity index is 588. The Kier molecular flexibility index (Phi) is 2.00. The van der Waals surface area contributed by atoms with Crippen molar-refractivity contribution in [2.45, 2.75) is 44.1 Å². The summed E-state index contributed by atoms with van der Waals surface area (Å²) >= 11 is 0. The van der Waals surface area contributed by atoms with Gasteiger partial charge in [0.05, 0.1) is 0 Å². The van der Waals surface area contributed by atoms with Crippen LogP contribution in [0.5, 0.6) is 0 Å². The molecule has 2 fully saturated rings. The lowest BCUT2D eigenvalue weighted by Gasteiger charge is -2.22. The smallest absolute Gasteiger partial charge is 0.0456 e. The van der Waals surface area contributed by atoms with Crippen molar-refractivity contribution >= 4 is 10.9 Å². The van der Waals surface area contributed by atoms with Crippen LogP contribution in [0, 0.1) is 5.41 Å². The standard InChI is InChI=1S/C16H20N2/c17-16(9-10-16)15(7-8-15)6-5-12-11-18-14-4-2-1-3-13(12)14/h1-4,11,18H,5-10,17H2. The van der Waals surface area contributed by atoms with Crippen LogP contribution in [0.2, 0.25) is 0 Å². The van der Waals surface area contributed by atoms with Crippen LogP contribution in [0.25, 0.3) is 10.9 Å². The number of fused-ring (bicyclic) bond motifs is 1.